The summed E-state index contributed by atoms with van der Waals surface area (Å²) >= 11 is 0. The molecule has 0 radical (unpaired) electrons. The molecule has 4 nitrogen and oxygen atoms in total. The highest BCUT2D eigenvalue weighted by atomic mass is 19.1. The minimum absolute atomic E-state index is 0.158. The summed E-state index contributed by atoms with van der Waals surface area (Å²) in [5.74, 6) is 1.26. The standard InChI is InChI=1S/C19H19F2NO3/c1-22(2)10-14(11-23)13-7-8-18(19(9-13)24-3)25-12-15-16(20)5-4-6-17(15)21/h4-9H,10,12H2,1-3H3. The molecule has 0 aliphatic carbocycles. The van der Waals surface area contributed by atoms with Crippen LogP contribution in [0.25, 0.3) is 5.57 Å². The molecule has 0 fully saturated rings. The average Bonchev–Trinajstić information content (AvgIpc) is 2.59. The molecule has 0 atom stereocenters. The fraction of sp³-hybridized carbons (Fsp3) is 0.263. The lowest BCUT2D eigenvalue weighted by Crippen LogP contribution is -2.15. The number of halogens is 2. The molecule has 0 bridgehead atoms. The fourth-order valence-corrected chi connectivity index (χ4v) is 2.29. The first-order chi connectivity index (χ1) is 12.0. The van der Waals surface area contributed by atoms with Crippen molar-refractivity contribution in [3.05, 3.63) is 59.2 Å². The van der Waals surface area contributed by atoms with Gasteiger partial charge in [0.2, 0.25) is 0 Å². The smallest absolute Gasteiger partial charge is 0.161 e. The van der Waals surface area contributed by atoms with E-state index in [4.69, 9.17) is 9.47 Å². The Morgan fingerprint density at radius 3 is 2.36 bits per heavy atom. The van der Waals surface area contributed by atoms with Gasteiger partial charge in [-0.05, 0) is 50.0 Å². The lowest BCUT2D eigenvalue weighted by atomic mass is 10.1. The Hall–Kier alpha value is -2.69. The van der Waals surface area contributed by atoms with Crippen LogP contribution in [-0.4, -0.2) is 38.6 Å². The minimum atomic E-state index is -0.673. The quantitative estimate of drug-likeness (QED) is 0.720. The second-order valence-electron chi connectivity index (χ2n) is 5.67. The summed E-state index contributed by atoms with van der Waals surface area (Å²) < 4.78 is 38.1. The Morgan fingerprint density at radius 1 is 1.12 bits per heavy atom. The molecule has 6 heteroatoms. The molecule has 132 valence electrons. The third kappa shape index (κ3) is 4.66. The summed E-state index contributed by atoms with van der Waals surface area (Å²) in [6.07, 6.45) is 0. The van der Waals surface area contributed by atoms with Gasteiger partial charge in [0, 0.05) is 6.54 Å². The first-order valence-corrected chi connectivity index (χ1v) is 7.59. The van der Waals surface area contributed by atoms with Crippen LogP contribution in [-0.2, 0) is 11.4 Å². The van der Waals surface area contributed by atoms with E-state index in [1.54, 1.807) is 18.2 Å². The average molecular weight is 347 g/mol. The first-order valence-electron chi connectivity index (χ1n) is 7.59. The monoisotopic (exact) mass is 347 g/mol. The van der Waals surface area contributed by atoms with Crippen LogP contribution in [0.4, 0.5) is 8.78 Å². The van der Waals surface area contributed by atoms with Crippen molar-refractivity contribution in [2.75, 3.05) is 27.7 Å². The molecular formula is C19H19F2NO3. The van der Waals surface area contributed by atoms with E-state index >= 15 is 0 Å². The van der Waals surface area contributed by atoms with Gasteiger partial charge in [-0.3, -0.25) is 0 Å². The van der Waals surface area contributed by atoms with Crippen LogP contribution < -0.4 is 9.47 Å². The van der Waals surface area contributed by atoms with Crippen molar-refractivity contribution in [1.29, 1.82) is 0 Å². The summed E-state index contributed by atoms with van der Waals surface area (Å²) in [6, 6.07) is 8.55. The maximum atomic E-state index is 13.7. The second-order valence-corrected chi connectivity index (χ2v) is 5.67. The molecule has 2 rings (SSSR count). The molecule has 0 heterocycles. The van der Waals surface area contributed by atoms with E-state index in [-0.39, 0.29) is 12.2 Å². The molecule has 0 aliphatic rings. The van der Waals surface area contributed by atoms with Crippen LogP contribution in [0.5, 0.6) is 11.5 Å². The third-order valence-electron chi connectivity index (χ3n) is 3.54. The van der Waals surface area contributed by atoms with Gasteiger partial charge in [-0.2, -0.15) is 0 Å². The van der Waals surface area contributed by atoms with Gasteiger partial charge >= 0.3 is 0 Å². The molecule has 0 spiro atoms. The molecule has 0 aromatic heterocycles. The van der Waals surface area contributed by atoms with Crippen molar-refractivity contribution in [2.24, 2.45) is 0 Å². The summed E-state index contributed by atoms with van der Waals surface area (Å²) in [6.45, 7) is 0.148. The number of benzene rings is 2. The number of carbonyl (C=O) groups excluding carboxylic acids is 1. The van der Waals surface area contributed by atoms with Gasteiger partial charge in [-0.15, -0.1) is 0 Å². The molecule has 0 unspecified atom stereocenters. The van der Waals surface area contributed by atoms with E-state index in [0.29, 0.717) is 29.2 Å². The third-order valence-corrected chi connectivity index (χ3v) is 3.54. The lowest BCUT2D eigenvalue weighted by molar-refractivity contribution is 0.274. The highest BCUT2D eigenvalue weighted by molar-refractivity contribution is 5.89. The molecule has 2 aromatic rings. The van der Waals surface area contributed by atoms with E-state index in [2.05, 4.69) is 0 Å². The van der Waals surface area contributed by atoms with Crippen molar-refractivity contribution in [3.8, 4) is 11.5 Å². The largest absolute Gasteiger partial charge is 0.493 e. The number of hydrogen-bond donors (Lipinski definition) is 0. The second kappa shape index (κ2) is 8.42. The summed E-state index contributed by atoms with van der Waals surface area (Å²) in [7, 11) is 5.13. The molecule has 0 amide bonds. The predicted molar refractivity (Wildman–Crippen MR) is 91.3 cm³/mol. The molecular weight excluding hydrogens is 328 g/mol. The summed E-state index contributed by atoms with van der Waals surface area (Å²) in [5, 5.41) is 0. The SMILES string of the molecule is COc1cc(C(=C=O)CN(C)C)ccc1OCc1c(F)cccc1F. The zero-order valence-electron chi connectivity index (χ0n) is 14.3. The molecule has 0 N–H and O–H groups in total. The maximum absolute atomic E-state index is 13.7. The topological polar surface area (TPSA) is 38.8 Å². The number of likely N-dealkylation sites (N-methyl/N-ethyl adjacent to an activating group) is 1. The lowest BCUT2D eigenvalue weighted by Gasteiger charge is -2.15. The molecule has 0 saturated carbocycles. The molecule has 0 saturated heterocycles. The highest BCUT2D eigenvalue weighted by Crippen LogP contribution is 2.31. The van der Waals surface area contributed by atoms with E-state index in [0.717, 1.165) is 0 Å². The van der Waals surface area contributed by atoms with Crippen molar-refractivity contribution < 1.29 is 23.0 Å². The van der Waals surface area contributed by atoms with Crippen LogP contribution in [0.2, 0.25) is 0 Å². The highest BCUT2D eigenvalue weighted by Gasteiger charge is 2.13. The Labute approximate surface area is 145 Å². The van der Waals surface area contributed by atoms with Gasteiger partial charge in [0.15, 0.2) is 11.5 Å². The summed E-state index contributed by atoms with van der Waals surface area (Å²) in [4.78, 5) is 13.0. The summed E-state index contributed by atoms with van der Waals surface area (Å²) in [5.41, 5.74) is 0.953. The van der Waals surface area contributed by atoms with Gasteiger partial charge in [-0.25, -0.2) is 13.6 Å². The normalized spacial score (nSPS) is 10.5. The molecule has 25 heavy (non-hydrogen) atoms. The number of ether oxygens (including phenoxy) is 2. The van der Waals surface area contributed by atoms with Crippen molar-refractivity contribution in [3.63, 3.8) is 0 Å². The zero-order valence-corrected chi connectivity index (χ0v) is 14.3. The van der Waals surface area contributed by atoms with Gasteiger partial charge in [-0.1, -0.05) is 6.07 Å². The Bertz CT molecular complexity index is 779. The van der Waals surface area contributed by atoms with Crippen LogP contribution in [0.15, 0.2) is 36.4 Å². The Morgan fingerprint density at radius 2 is 1.80 bits per heavy atom. The number of nitrogens with zero attached hydrogens (tertiary/aromatic N) is 1. The Balaban J connectivity index is 2.23. The van der Waals surface area contributed by atoms with E-state index < -0.39 is 11.6 Å². The van der Waals surface area contributed by atoms with Crippen molar-refractivity contribution in [2.45, 2.75) is 6.61 Å². The Kier molecular flexibility index (Phi) is 6.28. The van der Waals surface area contributed by atoms with Gasteiger partial charge < -0.3 is 14.4 Å². The van der Waals surface area contributed by atoms with Gasteiger partial charge in [0.1, 0.15) is 24.2 Å². The fourth-order valence-electron chi connectivity index (χ4n) is 2.29. The van der Waals surface area contributed by atoms with Crippen molar-refractivity contribution in [1.82, 2.24) is 4.90 Å². The predicted octanol–water partition coefficient (Wildman–Crippen LogP) is 3.33. The number of methoxy groups -OCH3 is 1. The van der Waals surface area contributed by atoms with Crippen LogP contribution in [0.3, 0.4) is 0 Å². The molecule has 0 aliphatic heterocycles. The van der Waals surface area contributed by atoms with Gasteiger partial charge in [0.25, 0.3) is 0 Å². The number of hydrogen-bond acceptors (Lipinski definition) is 4. The van der Waals surface area contributed by atoms with E-state index in [1.807, 2.05) is 24.9 Å². The molecule has 2 aromatic carbocycles. The minimum Gasteiger partial charge on any atom is -0.493 e. The van der Waals surface area contributed by atoms with E-state index in [1.165, 1.54) is 25.3 Å². The van der Waals surface area contributed by atoms with Crippen LogP contribution in [0.1, 0.15) is 11.1 Å². The zero-order chi connectivity index (χ0) is 18.4. The maximum Gasteiger partial charge on any atom is 0.161 e. The van der Waals surface area contributed by atoms with Gasteiger partial charge in [0.05, 0.1) is 18.2 Å². The van der Waals surface area contributed by atoms with Crippen molar-refractivity contribution >= 4 is 11.5 Å². The van der Waals surface area contributed by atoms with Crippen LogP contribution in [0, 0.1) is 11.6 Å². The van der Waals surface area contributed by atoms with Crippen LogP contribution >= 0.6 is 0 Å². The number of rotatable bonds is 7. The first kappa shape index (κ1) is 18.6. The van der Waals surface area contributed by atoms with E-state index in [9.17, 15) is 13.6 Å².